The van der Waals surface area contributed by atoms with Crippen LogP contribution in [0.4, 0.5) is 14.4 Å². The van der Waals surface area contributed by atoms with Gasteiger partial charge in [0.1, 0.15) is 6.61 Å². The molecule has 1 amide bonds. The zero-order valence-electron chi connectivity index (χ0n) is 15.2. The average molecular weight is 412 g/mol. The number of ether oxygens (including phenoxy) is 1. The van der Waals surface area contributed by atoms with Crippen LogP contribution in [0.1, 0.15) is 5.56 Å². The van der Waals surface area contributed by atoms with Gasteiger partial charge in [0.15, 0.2) is 0 Å². The Balaban J connectivity index is 1.73. The molecule has 6 nitrogen and oxygen atoms in total. The summed E-state index contributed by atoms with van der Waals surface area (Å²) in [5, 5.41) is 3.88. The Hall–Kier alpha value is -3.52. The summed E-state index contributed by atoms with van der Waals surface area (Å²) in [6.45, 7) is -0.259. The van der Waals surface area contributed by atoms with Crippen molar-refractivity contribution in [2.45, 2.75) is 0 Å². The maximum atomic E-state index is 12.9. The Bertz CT molecular complexity index is 1170. The number of carbonyl (C=O) groups is 1. The Morgan fingerprint density at radius 3 is 2.59 bits per heavy atom. The Kier molecular flexibility index (Phi) is 6.36. The number of nitrogens with zero attached hydrogens (tertiary/aromatic N) is 1. The van der Waals surface area contributed by atoms with Crippen molar-refractivity contribution in [1.29, 1.82) is 0 Å². The fourth-order valence-corrected chi connectivity index (χ4v) is 2.91. The molecule has 0 spiro atoms. The molecule has 0 saturated carbocycles. The van der Waals surface area contributed by atoms with Gasteiger partial charge in [0.2, 0.25) is 0 Å². The van der Waals surface area contributed by atoms with Crippen LogP contribution in [-0.4, -0.2) is 26.1 Å². The highest BCUT2D eigenvalue weighted by Gasteiger charge is 2.09. The molecule has 3 aromatic rings. The van der Waals surface area contributed by atoms with Crippen LogP contribution in [-0.2, 0) is 15.0 Å². The lowest BCUT2D eigenvalue weighted by Crippen LogP contribution is -2.15. The monoisotopic (exact) mass is 412 g/mol. The van der Waals surface area contributed by atoms with E-state index < -0.39 is 16.3 Å². The van der Waals surface area contributed by atoms with Crippen LogP contribution in [0, 0.1) is 0 Å². The fraction of sp³-hybridized carbons (Fsp3) is 0.0476. The van der Waals surface area contributed by atoms with E-state index in [2.05, 4.69) is 10.3 Å². The van der Waals surface area contributed by atoms with E-state index >= 15 is 0 Å². The summed E-state index contributed by atoms with van der Waals surface area (Å²) in [7, 11) is -4.81. The number of amides is 1. The summed E-state index contributed by atoms with van der Waals surface area (Å²) in [4.78, 5) is 16.5. The maximum absolute atomic E-state index is 12.9. The van der Waals surface area contributed by atoms with Crippen LogP contribution >= 0.6 is 0 Å². The summed E-state index contributed by atoms with van der Waals surface area (Å²) in [5.41, 5.74) is 2.12. The predicted octanol–water partition coefficient (Wildman–Crippen LogP) is 4.68. The van der Waals surface area contributed by atoms with E-state index in [0.29, 0.717) is 22.2 Å². The second kappa shape index (κ2) is 9.11. The van der Waals surface area contributed by atoms with Crippen LogP contribution in [0.2, 0.25) is 0 Å². The number of para-hydroxylation sites is 1. The van der Waals surface area contributed by atoms with Crippen molar-refractivity contribution >= 4 is 39.0 Å². The number of benzene rings is 2. The molecule has 0 bridgehead atoms. The van der Waals surface area contributed by atoms with Gasteiger partial charge in [-0.05, 0) is 35.4 Å². The van der Waals surface area contributed by atoms with Crippen molar-refractivity contribution < 1.29 is 21.8 Å². The van der Waals surface area contributed by atoms with Gasteiger partial charge in [-0.25, -0.2) is 4.79 Å². The molecule has 29 heavy (non-hydrogen) atoms. The number of carbonyl (C=O) groups excluding carboxylic acids is 1. The minimum atomic E-state index is -4.81. The maximum Gasteiger partial charge on any atom is 0.412 e. The number of anilines is 1. The minimum Gasteiger partial charge on any atom is -0.444 e. The van der Waals surface area contributed by atoms with E-state index in [-0.39, 0.29) is 6.61 Å². The first-order valence-corrected chi connectivity index (χ1v) is 10.0. The first-order valence-electron chi connectivity index (χ1n) is 8.57. The van der Waals surface area contributed by atoms with E-state index in [4.69, 9.17) is 4.74 Å². The third-order valence-electron chi connectivity index (χ3n) is 3.84. The molecule has 1 heterocycles. The van der Waals surface area contributed by atoms with Gasteiger partial charge in [-0.1, -0.05) is 48.5 Å². The number of fused-ring (bicyclic) bond motifs is 1. The van der Waals surface area contributed by atoms with Crippen LogP contribution in [0.5, 0.6) is 0 Å². The molecule has 0 radical (unpaired) electrons. The van der Waals surface area contributed by atoms with Gasteiger partial charge < -0.3 is 4.74 Å². The van der Waals surface area contributed by atoms with Crippen LogP contribution in [0.25, 0.3) is 17.0 Å². The van der Waals surface area contributed by atoms with Gasteiger partial charge in [0.05, 0.1) is 16.6 Å². The Morgan fingerprint density at radius 1 is 1.07 bits per heavy atom. The zero-order chi connectivity index (χ0) is 20.7. The van der Waals surface area contributed by atoms with Gasteiger partial charge in [-0.2, -0.15) is 8.42 Å². The molecule has 3 rings (SSSR count). The lowest BCUT2D eigenvalue weighted by atomic mass is 10.1. The van der Waals surface area contributed by atoms with Gasteiger partial charge in [0.25, 0.3) is 0 Å². The van der Waals surface area contributed by atoms with Crippen molar-refractivity contribution in [2.24, 2.45) is 0 Å². The van der Waals surface area contributed by atoms with Crippen molar-refractivity contribution in [2.75, 3.05) is 11.9 Å². The molecule has 0 aliphatic carbocycles. The van der Waals surface area contributed by atoms with Crippen LogP contribution in [0.3, 0.4) is 0 Å². The summed E-state index contributed by atoms with van der Waals surface area (Å²) >= 11 is 0. The zero-order valence-corrected chi connectivity index (χ0v) is 16.0. The number of hydrogen-bond donors (Lipinski definition) is 1. The lowest BCUT2D eigenvalue weighted by molar-refractivity contribution is 0.172. The highest BCUT2D eigenvalue weighted by Crippen LogP contribution is 2.21. The molecule has 8 heteroatoms. The molecule has 1 N–H and O–H groups in total. The standard InChI is InChI=1S/C21H17FN2O4S/c22-29(26,27)13-11-17(14-16-6-2-1-3-7-16)15-28-21(25)24-19-10-4-8-18-9-5-12-23-20(18)19/h1-14H,15H2,(H,24,25)/b13-11+,17-14-. The first-order chi connectivity index (χ1) is 13.9. The summed E-state index contributed by atoms with van der Waals surface area (Å²) in [5.74, 6) is 0. The van der Waals surface area contributed by atoms with Crippen molar-refractivity contribution in [1.82, 2.24) is 4.98 Å². The minimum absolute atomic E-state index is 0.259. The first kappa shape index (κ1) is 20.2. The Labute approximate surface area is 167 Å². The third-order valence-corrected chi connectivity index (χ3v) is 4.30. The molecular weight excluding hydrogens is 395 g/mol. The molecule has 1 aromatic heterocycles. The van der Waals surface area contributed by atoms with Crippen molar-refractivity contribution in [3.05, 3.63) is 89.5 Å². The second-order valence-electron chi connectivity index (χ2n) is 5.99. The van der Waals surface area contributed by atoms with Crippen LogP contribution < -0.4 is 5.32 Å². The molecule has 0 saturated heterocycles. The van der Waals surface area contributed by atoms with E-state index in [1.807, 2.05) is 18.2 Å². The number of nitrogens with one attached hydrogen (secondary N) is 1. The lowest BCUT2D eigenvalue weighted by Gasteiger charge is -2.09. The molecule has 2 aromatic carbocycles. The quantitative estimate of drug-likeness (QED) is 0.469. The van der Waals surface area contributed by atoms with E-state index in [9.17, 15) is 17.1 Å². The highest BCUT2D eigenvalue weighted by molar-refractivity contribution is 7.89. The fourth-order valence-electron chi connectivity index (χ4n) is 2.57. The van der Waals surface area contributed by atoms with Gasteiger partial charge in [-0.3, -0.25) is 10.3 Å². The molecule has 148 valence electrons. The molecule has 0 fully saturated rings. The number of halogens is 1. The molecule has 0 aliphatic heterocycles. The van der Waals surface area contributed by atoms with E-state index in [1.54, 1.807) is 54.7 Å². The average Bonchev–Trinajstić information content (AvgIpc) is 2.70. The SMILES string of the molecule is O=C(Nc1cccc2cccnc12)OCC(=C\c1ccccc1)/C=C/S(=O)(=O)F. The molecule has 0 aliphatic rings. The highest BCUT2D eigenvalue weighted by atomic mass is 32.3. The molecule has 0 unspecified atom stereocenters. The van der Waals surface area contributed by atoms with Gasteiger partial charge in [0, 0.05) is 11.6 Å². The number of pyridine rings is 1. The number of rotatable bonds is 6. The largest absolute Gasteiger partial charge is 0.444 e. The smallest absolute Gasteiger partial charge is 0.412 e. The molecular formula is C21H17FN2O4S. The van der Waals surface area contributed by atoms with Crippen molar-refractivity contribution in [3.63, 3.8) is 0 Å². The topological polar surface area (TPSA) is 85.4 Å². The van der Waals surface area contributed by atoms with Crippen molar-refractivity contribution in [3.8, 4) is 0 Å². The third kappa shape index (κ3) is 6.25. The van der Waals surface area contributed by atoms with Gasteiger partial charge in [-0.15, -0.1) is 3.89 Å². The normalized spacial score (nSPS) is 12.2. The summed E-state index contributed by atoms with van der Waals surface area (Å²) in [6.07, 6.45) is 3.50. The van der Waals surface area contributed by atoms with Crippen LogP contribution in [0.15, 0.2) is 83.9 Å². The summed E-state index contributed by atoms with van der Waals surface area (Å²) in [6, 6.07) is 17.9. The van der Waals surface area contributed by atoms with Gasteiger partial charge >= 0.3 is 16.3 Å². The number of aromatic nitrogens is 1. The van der Waals surface area contributed by atoms with E-state index in [0.717, 1.165) is 17.0 Å². The predicted molar refractivity (Wildman–Crippen MR) is 110 cm³/mol. The number of hydrogen-bond acceptors (Lipinski definition) is 5. The van der Waals surface area contributed by atoms with E-state index in [1.165, 1.54) is 0 Å². The molecule has 0 atom stereocenters. The summed E-state index contributed by atoms with van der Waals surface area (Å²) < 4.78 is 39.6. The second-order valence-corrected chi connectivity index (χ2v) is 7.21. The Morgan fingerprint density at radius 2 is 1.83 bits per heavy atom.